The number of rotatable bonds is 4. The number of unbranched alkanes of at least 4 members (excludes halogenated alkanes) is 1. The van der Waals surface area contributed by atoms with Gasteiger partial charge in [-0.3, -0.25) is 0 Å². The summed E-state index contributed by atoms with van der Waals surface area (Å²) in [6.07, 6.45) is 3.16. The Bertz CT molecular complexity index is 50.3. The van der Waals surface area contributed by atoms with Gasteiger partial charge in [0.25, 0.3) is 0 Å². The van der Waals surface area contributed by atoms with Gasteiger partial charge >= 0.3 is 0 Å². The standard InChI is InChI=1S/C6H12IO.Rf/c1-6(7)4-2-3-5-8;/h6,8H,1-5H2;/q-1;. The Kier molecular flexibility index (Phi) is 9.81. The van der Waals surface area contributed by atoms with Gasteiger partial charge in [0, 0.05) is 6.61 Å². The fourth-order valence-corrected chi connectivity index (χ4v) is 0.918. The number of halogens is 1. The first-order valence-electron chi connectivity index (χ1n) is 2.85. The van der Waals surface area contributed by atoms with Crippen LogP contribution in [0.1, 0.15) is 19.3 Å². The van der Waals surface area contributed by atoms with Crippen LogP contribution in [0.4, 0.5) is 0 Å². The van der Waals surface area contributed by atoms with Crippen molar-refractivity contribution in [3.05, 3.63) is 6.92 Å². The van der Waals surface area contributed by atoms with Crippen LogP contribution < -0.4 is 0 Å². The Morgan fingerprint density at radius 3 is 2.33 bits per heavy atom. The second-order valence-electron chi connectivity index (χ2n) is 1.82. The molecule has 3 heteroatoms. The Balaban J connectivity index is 0. The number of hydrogen-bond acceptors (Lipinski definition) is 1. The van der Waals surface area contributed by atoms with Gasteiger partial charge in [-0.1, -0.05) is 12.8 Å². The molecule has 0 spiro atoms. The van der Waals surface area contributed by atoms with Crippen LogP contribution in [0.25, 0.3) is 0 Å². The van der Waals surface area contributed by atoms with E-state index in [-0.39, 0.29) is 0 Å². The molecule has 0 aromatic carbocycles. The molecule has 52 valence electrons. The minimum absolute atomic E-state index is 0. The molecule has 1 nitrogen and oxygen atoms in total. The molecule has 0 rings (SSSR count). The number of aliphatic hydroxyl groups is 1. The Morgan fingerprint density at radius 1 is 1.44 bits per heavy atom. The van der Waals surface area contributed by atoms with Crippen LogP contribution in [0, 0.1) is 6.92 Å². The molecule has 0 aromatic heterocycles. The fraction of sp³-hybridized carbons (Fsp3) is 0.833. The molecule has 0 aliphatic carbocycles. The third kappa shape index (κ3) is 11.3. The van der Waals surface area contributed by atoms with E-state index in [2.05, 4.69) is 29.5 Å². The molecule has 0 saturated heterocycles. The fourth-order valence-electron chi connectivity index (χ4n) is 0.478. The molecule has 0 amide bonds. The van der Waals surface area contributed by atoms with Crippen molar-refractivity contribution in [2.75, 3.05) is 6.61 Å². The Labute approximate surface area is 64.6 Å². The summed E-state index contributed by atoms with van der Waals surface area (Å²) >= 11 is 2.29. The van der Waals surface area contributed by atoms with E-state index in [1.54, 1.807) is 0 Å². The molecule has 0 aliphatic heterocycles. The molecule has 0 fully saturated rings. The average molecular weight is 494 g/mol. The van der Waals surface area contributed by atoms with Gasteiger partial charge in [-0.15, -0.1) is 26.5 Å². The molecule has 1 N–H and O–H groups in total. The first kappa shape index (κ1) is 11.5. The zero-order chi connectivity index (χ0) is 6.41. The Morgan fingerprint density at radius 2 is 2.00 bits per heavy atom. The summed E-state index contributed by atoms with van der Waals surface area (Å²) in [7, 11) is 0. The van der Waals surface area contributed by atoms with Crippen molar-refractivity contribution in [2.24, 2.45) is 0 Å². The zero-order valence-corrected chi connectivity index (χ0v) is 14.2. The first-order chi connectivity index (χ1) is 3.77. The predicted octanol–water partition coefficient (Wildman–Crippen LogP) is 1.79. The molecule has 0 bridgehead atoms. The minimum Gasteiger partial charge on any atom is -0.396 e. The van der Waals surface area contributed by atoms with Crippen molar-refractivity contribution >= 4 is 22.6 Å². The molecule has 0 heterocycles. The second kappa shape index (κ2) is 7.69. The van der Waals surface area contributed by atoms with E-state index < -0.39 is 0 Å². The maximum absolute atomic E-state index is 8.36. The molecule has 0 aliphatic rings. The summed E-state index contributed by atoms with van der Waals surface area (Å²) in [5, 5.41) is 8.36. The van der Waals surface area contributed by atoms with E-state index in [9.17, 15) is 0 Å². The predicted molar refractivity (Wildman–Crippen MR) is 44.1 cm³/mol. The van der Waals surface area contributed by atoms with Gasteiger partial charge in [0.15, 0.2) is 0 Å². The van der Waals surface area contributed by atoms with Crippen LogP contribution in [0.3, 0.4) is 0 Å². The van der Waals surface area contributed by atoms with E-state index >= 15 is 0 Å². The van der Waals surface area contributed by atoms with Crippen LogP contribution in [0.2, 0.25) is 0 Å². The van der Waals surface area contributed by atoms with Gasteiger partial charge in [-0.05, 0) is 6.42 Å². The van der Waals surface area contributed by atoms with Crippen molar-refractivity contribution in [1.82, 2.24) is 0 Å². The molecule has 0 radical (unpaired) electrons. The van der Waals surface area contributed by atoms with Crippen molar-refractivity contribution in [3.63, 3.8) is 0 Å². The van der Waals surface area contributed by atoms with Crippen LogP contribution in [0.15, 0.2) is 0 Å². The topological polar surface area (TPSA) is 20.2 Å². The van der Waals surface area contributed by atoms with Gasteiger partial charge in [0.1, 0.15) is 0 Å². The van der Waals surface area contributed by atoms with Crippen LogP contribution in [-0.4, -0.2) is 15.6 Å². The van der Waals surface area contributed by atoms with E-state index in [1.165, 1.54) is 0 Å². The summed E-state index contributed by atoms with van der Waals surface area (Å²) < 4.78 is 0.513. The van der Waals surface area contributed by atoms with E-state index in [4.69, 9.17) is 5.11 Å². The summed E-state index contributed by atoms with van der Waals surface area (Å²) in [5.74, 6) is 0. The average Bonchev–Trinajstić information content (AvgIpc) is 1.66. The SMILES string of the molecule is [CH2-]C(I)CCCCO.[Rf]. The monoisotopic (exact) mass is 494 g/mol. The molecule has 0 saturated carbocycles. The van der Waals surface area contributed by atoms with Gasteiger partial charge < -0.3 is 12.0 Å². The largest absolute Gasteiger partial charge is 0.396 e. The molecule has 0 aromatic rings. The third-order valence-corrected chi connectivity index (χ3v) is 1.55. The van der Waals surface area contributed by atoms with E-state index in [0.717, 1.165) is 19.3 Å². The normalized spacial score (nSPS) is 12.3. The smallest absolute Gasteiger partial charge is 0.0431 e. The number of alkyl halides is 1. The Hall–Kier alpha value is -0.310. The zero-order valence-electron chi connectivity index (χ0n) is 5.65. The first-order valence-corrected chi connectivity index (χ1v) is 4.10. The van der Waals surface area contributed by atoms with E-state index in [1.807, 2.05) is 0 Å². The van der Waals surface area contributed by atoms with E-state index in [0.29, 0.717) is 10.5 Å². The quantitative estimate of drug-likeness (QED) is 0.274. The number of aliphatic hydroxyl groups excluding tert-OH is 1. The van der Waals surface area contributed by atoms with Crippen LogP contribution in [0.5, 0.6) is 0 Å². The molecular formula is C6H12IORf-. The van der Waals surface area contributed by atoms with Gasteiger partial charge in [0.2, 0.25) is 0 Å². The summed E-state index contributed by atoms with van der Waals surface area (Å²) in [4.78, 5) is 0. The van der Waals surface area contributed by atoms with Crippen LogP contribution >= 0.6 is 22.6 Å². The van der Waals surface area contributed by atoms with Crippen molar-refractivity contribution in [2.45, 2.75) is 23.2 Å². The molecule has 9 heavy (non-hydrogen) atoms. The molecule has 1 atom stereocenters. The molecule has 1 unspecified atom stereocenters. The van der Waals surface area contributed by atoms with Crippen molar-refractivity contribution < 1.29 is 5.11 Å². The van der Waals surface area contributed by atoms with Gasteiger partial charge in [-0.2, -0.15) is 0 Å². The number of hydrogen-bond donors (Lipinski definition) is 1. The minimum atomic E-state index is 0. The van der Waals surface area contributed by atoms with Crippen molar-refractivity contribution in [3.8, 4) is 0 Å². The van der Waals surface area contributed by atoms with Crippen molar-refractivity contribution in [1.29, 1.82) is 0 Å². The van der Waals surface area contributed by atoms with Crippen LogP contribution in [-0.2, 0) is 0 Å². The summed E-state index contributed by atoms with van der Waals surface area (Å²) in [5.41, 5.74) is 0. The summed E-state index contributed by atoms with van der Waals surface area (Å²) in [6.45, 7) is 4.14. The summed E-state index contributed by atoms with van der Waals surface area (Å²) in [6, 6.07) is 0. The maximum atomic E-state index is 8.36. The third-order valence-electron chi connectivity index (χ3n) is 0.925. The van der Waals surface area contributed by atoms with Gasteiger partial charge in [-0.25, -0.2) is 0 Å². The van der Waals surface area contributed by atoms with Gasteiger partial charge in [0.05, 0.1) is 0 Å². The second-order valence-corrected chi connectivity index (χ2v) is 3.58. The maximum Gasteiger partial charge on any atom is 0.0431 e. The molecular weight excluding hydrogens is 482 g/mol.